The van der Waals surface area contributed by atoms with Gasteiger partial charge in [0.05, 0.1) is 0 Å². The Balaban J connectivity index is 5.74. The van der Waals surface area contributed by atoms with Gasteiger partial charge in [0.2, 0.25) is 5.16 Å². The number of hydrogen-bond donors (Lipinski definition) is 6. The molecule has 0 heterocycles. The predicted octanol–water partition coefficient (Wildman–Crippen LogP) is -1.70. The highest BCUT2D eigenvalue weighted by atomic mass is 31.2. The highest BCUT2D eigenvalue weighted by Gasteiger charge is 2.61. The number of rotatable bonds is 7. The minimum Gasteiger partial charge on any atom is -0.481 e. The number of carboxylic acids is 3. The zero-order valence-corrected chi connectivity index (χ0v) is 9.65. The summed E-state index contributed by atoms with van der Waals surface area (Å²) in [6.07, 6.45) is -5.19. The molecule has 0 saturated carbocycles. The third kappa shape index (κ3) is 3.05. The van der Waals surface area contributed by atoms with Gasteiger partial charge in [-0.25, -0.2) is 4.79 Å². The van der Waals surface area contributed by atoms with Crippen LogP contribution in [0.15, 0.2) is 0 Å². The van der Waals surface area contributed by atoms with Gasteiger partial charge in [0.1, 0.15) is 0 Å². The molecular formula is C7H11O10P. The van der Waals surface area contributed by atoms with E-state index in [0.717, 1.165) is 0 Å². The maximum absolute atomic E-state index is 11.2. The average molecular weight is 286 g/mol. The summed E-state index contributed by atoms with van der Waals surface area (Å²) in [6.45, 7) is 0. The van der Waals surface area contributed by atoms with Crippen molar-refractivity contribution < 1.29 is 49.2 Å². The van der Waals surface area contributed by atoms with Crippen LogP contribution in [0.2, 0.25) is 0 Å². The summed E-state index contributed by atoms with van der Waals surface area (Å²) in [5.41, 5.74) is 0. The van der Waals surface area contributed by atoms with Gasteiger partial charge in [0.15, 0.2) is 6.10 Å². The van der Waals surface area contributed by atoms with Crippen LogP contribution in [0.4, 0.5) is 0 Å². The minimum absolute atomic E-state index is 1.03. The molecule has 0 spiro atoms. The molecule has 0 aromatic carbocycles. The molecule has 0 amide bonds. The fourth-order valence-corrected chi connectivity index (χ4v) is 2.37. The molecule has 104 valence electrons. The molecule has 0 bridgehead atoms. The van der Waals surface area contributed by atoms with E-state index in [1.807, 2.05) is 0 Å². The molecule has 2 unspecified atom stereocenters. The third-order valence-electron chi connectivity index (χ3n) is 2.30. The monoisotopic (exact) mass is 286 g/mol. The summed E-state index contributed by atoms with van der Waals surface area (Å²) in [6, 6.07) is 0. The molecule has 0 aromatic heterocycles. The van der Waals surface area contributed by atoms with Crippen LogP contribution in [0.3, 0.4) is 0 Å². The van der Waals surface area contributed by atoms with E-state index in [2.05, 4.69) is 0 Å². The molecule has 0 rings (SSSR count). The van der Waals surface area contributed by atoms with Crippen LogP contribution in [0, 0.1) is 0 Å². The lowest BCUT2D eigenvalue weighted by Gasteiger charge is -2.31. The lowest BCUT2D eigenvalue weighted by molar-refractivity contribution is -0.159. The van der Waals surface area contributed by atoms with E-state index in [1.165, 1.54) is 0 Å². The first-order valence-corrected chi connectivity index (χ1v) is 5.99. The molecule has 11 heteroatoms. The molecule has 0 aliphatic heterocycles. The van der Waals surface area contributed by atoms with Crippen LogP contribution >= 0.6 is 7.60 Å². The van der Waals surface area contributed by atoms with Crippen LogP contribution < -0.4 is 0 Å². The molecule has 6 N–H and O–H groups in total. The SMILES string of the molecule is O=C(O)CCC(C(=O)O)(C(O)C(=O)O)P(=O)(O)O. The van der Waals surface area contributed by atoms with Crippen LogP contribution in [0.25, 0.3) is 0 Å². The van der Waals surface area contributed by atoms with Crippen molar-refractivity contribution in [3.05, 3.63) is 0 Å². The van der Waals surface area contributed by atoms with E-state index >= 15 is 0 Å². The summed E-state index contributed by atoms with van der Waals surface area (Å²) in [4.78, 5) is 49.7. The van der Waals surface area contributed by atoms with Crippen molar-refractivity contribution >= 4 is 25.5 Å². The molecule has 18 heavy (non-hydrogen) atoms. The van der Waals surface area contributed by atoms with Crippen molar-refractivity contribution in [1.29, 1.82) is 0 Å². The van der Waals surface area contributed by atoms with Gasteiger partial charge < -0.3 is 30.2 Å². The molecular weight excluding hydrogens is 275 g/mol. The van der Waals surface area contributed by atoms with Crippen molar-refractivity contribution in [2.45, 2.75) is 24.1 Å². The average Bonchev–Trinajstić information content (AvgIpc) is 2.14. The second-order valence-corrected chi connectivity index (χ2v) is 5.29. The molecule has 0 aliphatic carbocycles. The Kier molecular flexibility index (Phi) is 4.99. The Morgan fingerprint density at radius 1 is 1.11 bits per heavy atom. The molecule has 0 radical (unpaired) electrons. The fraction of sp³-hybridized carbons (Fsp3) is 0.571. The molecule has 0 saturated heterocycles. The number of carboxylic acid groups (broad SMARTS) is 3. The Hall–Kier alpha value is -1.48. The van der Waals surface area contributed by atoms with E-state index in [4.69, 9.17) is 25.1 Å². The zero-order chi connectivity index (χ0) is 14.7. The maximum atomic E-state index is 11.2. The van der Waals surface area contributed by atoms with Crippen molar-refractivity contribution in [3.8, 4) is 0 Å². The van der Waals surface area contributed by atoms with Crippen LogP contribution in [-0.4, -0.2) is 59.4 Å². The van der Waals surface area contributed by atoms with E-state index < -0.39 is 49.6 Å². The Bertz CT molecular complexity index is 410. The van der Waals surface area contributed by atoms with Crippen molar-refractivity contribution in [1.82, 2.24) is 0 Å². The molecule has 0 fully saturated rings. The quantitative estimate of drug-likeness (QED) is 0.294. The molecule has 0 aromatic rings. The standard InChI is InChI=1S/C7H11O10P/c8-3(9)1-2-7(6(13)14,18(15,16)17)4(10)5(11)12/h4,10H,1-2H2,(H,8,9)(H,11,12)(H,13,14)(H2,15,16,17). The van der Waals surface area contributed by atoms with Crippen molar-refractivity contribution in [3.63, 3.8) is 0 Å². The van der Waals surface area contributed by atoms with Gasteiger partial charge in [-0.2, -0.15) is 0 Å². The predicted molar refractivity (Wildman–Crippen MR) is 52.9 cm³/mol. The van der Waals surface area contributed by atoms with Gasteiger partial charge in [0, 0.05) is 6.42 Å². The Labute approximate surface area is 99.6 Å². The first kappa shape index (κ1) is 16.5. The first-order valence-electron chi connectivity index (χ1n) is 4.38. The minimum atomic E-state index is -5.62. The summed E-state index contributed by atoms with van der Waals surface area (Å²) >= 11 is 0. The Morgan fingerprint density at radius 2 is 1.56 bits per heavy atom. The topological polar surface area (TPSA) is 190 Å². The van der Waals surface area contributed by atoms with Crippen LogP contribution in [0.1, 0.15) is 12.8 Å². The van der Waals surface area contributed by atoms with Gasteiger partial charge in [-0.05, 0) is 6.42 Å². The molecule has 0 aliphatic rings. The smallest absolute Gasteiger partial charge is 0.346 e. The van der Waals surface area contributed by atoms with Crippen LogP contribution in [0.5, 0.6) is 0 Å². The number of aliphatic hydroxyl groups is 1. The van der Waals surface area contributed by atoms with Gasteiger partial charge >= 0.3 is 25.5 Å². The molecule has 10 nitrogen and oxygen atoms in total. The summed E-state index contributed by atoms with van der Waals surface area (Å²) < 4.78 is 11.2. The van der Waals surface area contributed by atoms with E-state index in [1.54, 1.807) is 0 Å². The highest BCUT2D eigenvalue weighted by molar-refractivity contribution is 7.55. The zero-order valence-electron chi connectivity index (χ0n) is 8.76. The van der Waals surface area contributed by atoms with E-state index in [0.29, 0.717) is 0 Å². The molecule has 2 atom stereocenters. The largest absolute Gasteiger partial charge is 0.481 e. The van der Waals surface area contributed by atoms with Gasteiger partial charge in [-0.1, -0.05) is 0 Å². The second-order valence-electron chi connectivity index (χ2n) is 3.41. The summed E-state index contributed by atoms with van der Waals surface area (Å²) in [5, 5.41) is 31.4. The van der Waals surface area contributed by atoms with Crippen LogP contribution in [-0.2, 0) is 18.9 Å². The highest BCUT2D eigenvalue weighted by Crippen LogP contribution is 2.55. The second kappa shape index (κ2) is 5.44. The van der Waals surface area contributed by atoms with Gasteiger partial charge in [-0.15, -0.1) is 0 Å². The number of aliphatic hydroxyl groups excluding tert-OH is 1. The van der Waals surface area contributed by atoms with E-state index in [9.17, 15) is 24.1 Å². The third-order valence-corrected chi connectivity index (χ3v) is 4.00. The Morgan fingerprint density at radius 3 is 1.78 bits per heavy atom. The fourth-order valence-electron chi connectivity index (χ4n) is 1.29. The van der Waals surface area contributed by atoms with Gasteiger partial charge in [0.25, 0.3) is 0 Å². The maximum Gasteiger partial charge on any atom is 0.346 e. The lowest BCUT2D eigenvalue weighted by Crippen LogP contribution is -2.53. The number of aliphatic carboxylic acids is 3. The number of hydrogen-bond acceptors (Lipinski definition) is 5. The lowest BCUT2D eigenvalue weighted by atomic mass is 9.95. The first-order chi connectivity index (χ1) is 7.96. The normalized spacial score (nSPS) is 16.6. The summed E-state index contributed by atoms with van der Waals surface area (Å²) in [5.74, 6) is -6.05. The summed E-state index contributed by atoms with van der Waals surface area (Å²) in [7, 11) is -5.62. The van der Waals surface area contributed by atoms with Crippen molar-refractivity contribution in [2.24, 2.45) is 0 Å². The van der Waals surface area contributed by atoms with Crippen molar-refractivity contribution in [2.75, 3.05) is 0 Å². The van der Waals surface area contributed by atoms with E-state index in [-0.39, 0.29) is 0 Å². The number of carbonyl (C=O) groups is 3. The van der Waals surface area contributed by atoms with Gasteiger partial charge in [-0.3, -0.25) is 14.2 Å².